The number of hydrogen-bond donors (Lipinski definition) is 1. The molecule has 0 amide bonds. The normalized spacial score (nSPS) is 15.9. The monoisotopic (exact) mass is 442 g/mol. The van der Waals surface area contributed by atoms with E-state index in [1.165, 1.54) is 28.6 Å². The Kier molecular flexibility index (Phi) is 6.89. The van der Waals surface area contributed by atoms with Gasteiger partial charge in [0, 0.05) is 19.6 Å². The van der Waals surface area contributed by atoms with Gasteiger partial charge in [-0.2, -0.15) is 4.31 Å². The van der Waals surface area contributed by atoms with Crippen LogP contribution in [0.15, 0.2) is 58.3 Å². The van der Waals surface area contributed by atoms with Crippen LogP contribution >= 0.6 is 0 Å². The molecule has 2 aromatic carbocycles. The fourth-order valence-corrected chi connectivity index (χ4v) is 5.53. The van der Waals surface area contributed by atoms with Crippen molar-refractivity contribution in [3.8, 4) is 5.75 Å². The fourth-order valence-electron chi connectivity index (χ4n) is 3.00. The molecule has 0 atom stereocenters. The van der Waals surface area contributed by atoms with Crippen LogP contribution in [0.2, 0.25) is 0 Å². The van der Waals surface area contributed by atoms with E-state index in [2.05, 4.69) is 4.72 Å². The second kappa shape index (κ2) is 9.21. The quantitative estimate of drug-likeness (QED) is 0.634. The molecule has 1 aliphatic heterocycles. The van der Waals surface area contributed by atoms with Crippen LogP contribution in [-0.4, -0.2) is 47.4 Å². The number of hydrogen-bond acceptors (Lipinski definition) is 5. The van der Waals surface area contributed by atoms with E-state index in [1.54, 1.807) is 12.1 Å². The molecule has 158 valence electrons. The molecule has 1 aliphatic rings. The van der Waals surface area contributed by atoms with E-state index in [0.29, 0.717) is 18.8 Å². The van der Waals surface area contributed by atoms with Gasteiger partial charge in [-0.05, 0) is 61.4 Å². The molecule has 0 saturated carbocycles. The Morgan fingerprint density at radius 3 is 2.07 bits per heavy atom. The molecule has 0 bridgehead atoms. The molecule has 1 saturated heterocycles. The Balaban J connectivity index is 1.52. The minimum atomic E-state index is -3.75. The molecule has 0 radical (unpaired) electrons. The van der Waals surface area contributed by atoms with Crippen LogP contribution in [0.5, 0.6) is 5.75 Å². The van der Waals surface area contributed by atoms with E-state index in [9.17, 15) is 21.2 Å². The molecule has 0 spiro atoms. The summed E-state index contributed by atoms with van der Waals surface area (Å²) in [6.45, 7) is 1.13. The summed E-state index contributed by atoms with van der Waals surface area (Å²) in [6, 6.07) is 10.6. The first-order valence-electron chi connectivity index (χ1n) is 9.27. The van der Waals surface area contributed by atoms with Crippen LogP contribution in [0.1, 0.15) is 19.3 Å². The Bertz CT molecular complexity index is 1020. The maximum atomic E-state index is 12.9. The summed E-state index contributed by atoms with van der Waals surface area (Å²) in [4.78, 5) is 0.176. The molecule has 2 aromatic rings. The zero-order valence-corrected chi connectivity index (χ0v) is 17.4. The molecule has 0 aliphatic carbocycles. The lowest BCUT2D eigenvalue weighted by atomic mass is 10.2. The van der Waals surface area contributed by atoms with Crippen molar-refractivity contribution in [2.24, 2.45) is 0 Å². The summed E-state index contributed by atoms with van der Waals surface area (Å²) in [5.74, 6) is -0.0818. The zero-order chi connectivity index (χ0) is 20.9. The summed E-state index contributed by atoms with van der Waals surface area (Å²) in [5.41, 5.74) is 0. The minimum absolute atomic E-state index is 0.00748. The lowest BCUT2D eigenvalue weighted by Gasteiger charge is -2.25. The fraction of sp³-hybridized carbons (Fsp3) is 0.368. The largest absolute Gasteiger partial charge is 0.492 e. The number of halogens is 1. The first-order valence-corrected chi connectivity index (χ1v) is 12.2. The van der Waals surface area contributed by atoms with Crippen LogP contribution in [-0.2, 0) is 20.0 Å². The van der Waals surface area contributed by atoms with Gasteiger partial charge in [-0.1, -0.05) is 6.42 Å². The van der Waals surface area contributed by atoms with Crippen molar-refractivity contribution < 1.29 is 26.0 Å². The molecule has 29 heavy (non-hydrogen) atoms. The van der Waals surface area contributed by atoms with Crippen LogP contribution in [0.25, 0.3) is 0 Å². The third kappa shape index (κ3) is 5.53. The maximum Gasteiger partial charge on any atom is 0.243 e. The molecule has 0 unspecified atom stereocenters. The third-order valence-electron chi connectivity index (χ3n) is 4.56. The van der Waals surface area contributed by atoms with Gasteiger partial charge in [0.05, 0.1) is 9.79 Å². The van der Waals surface area contributed by atoms with Gasteiger partial charge in [0.2, 0.25) is 20.0 Å². The van der Waals surface area contributed by atoms with Gasteiger partial charge in [0.1, 0.15) is 18.2 Å². The molecule has 3 rings (SSSR count). The summed E-state index contributed by atoms with van der Waals surface area (Å²) >= 11 is 0. The van der Waals surface area contributed by atoms with Gasteiger partial charge in [-0.25, -0.2) is 25.9 Å². The first-order chi connectivity index (χ1) is 13.8. The van der Waals surface area contributed by atoms with Gasteiger partial charge >= 0.3 is 0 Å². The van der Waals surface area contributed by atoms with E-state index in [4.69, 9.17) is 4.74 Å². The Hall–Kier alpha value is -2.01. The Labute approximate surface area is 170 Å². The van der Waals surface area contributed by atoms with Gasteiger partial charge in [0.25, 0.3) is 0 Å². The van der Waals surface area contributed by atoms with Crippen LogP contribution in [0, 0.1) is 5.82 Å². The van der Waals surface area contributed by atoms with E-state index in [0.717, 1.165) is 31.4 Å². The van der Waals surface area contributed by atoms with E-state index in [-0.39, 0.29) is 22.9 Å². The van der Waals surface area contributed by atoms with Crippen molar-refractivity contribution in [3.05, 3.63) is 54.3 Å². The number of sulfonamides is 2. The first kappa shape index (κ1) is 21.7. The SMILES string of the molecule is O=S(=O)(NCCOc1ccc(S(=O)(=O)N2CCCCC2)cc1)c1ccc(F)cc1. The lowest BCUT2D eigenvalue weighted by Crippen LogP contribution is -2.35. The Morgan fingerprint density at radius 2 is 1.45 bits per heavy atom. The highest BCUT2D eigenvalue weighted by molar-refractivity contribution is 7.89. The molecule has 0 aromatic heterocycles. The molecule has 10 heteroatoms. The van der Waals surface area contributed by atoms with Gasteiger partial charge in [-0.3, -0.25) is 0 Å². The van der Waals surface area contributed by atoms with E-state index >= 15 is 0 Å². The number of nitrogens with zero attached hydrogens (tertiary/aromatic N) is 1. The lowest BCUT2D eigenvalue weighted by molar-refractivity contribution is 0.322. The molecule has 1 N–H and O–H groups in total. The summed E-state index contributed by atoms with van der Waals surface area (Å²) in [6.07, 6.45) is 2.78. The molecular formula is C19H23FN2O5S2. The van der Waals surface area contributed by atoms with Crippen LogP contribution in [0.4, 0.5) is 4.39 Å². The summed E-state index contributed by atoms with van der Waals surface area (Å²) < 4.78 is 71.7. The zero-order valence-electron chi connectivity index (χ0n) is 15.8. The van der Waals surface area contributed by atoms with Gasteiger partial charge in [-0.15, -0.1) is 0 Å². The number of rotatable bonds is 8. The summed E-state index contributed by atoms with van der Waals surface area (Å²) in [5, 5.41) is 0. The highest BCUT2D eigenvalue weighted by Gasteiger charge is 2.25. The number of ether oxygens (including phenoxy) is 1. The predicted octanol–water partition coefficient (Wildman–Crippen LogP) is 2.36. The average Bonchev–Trinajstić information content (AvgIpc) is 2.72. The average molecular weight is 443 g/mol. The third-order valence-corrected chi connectivity index (χ3v) is 7.95. The highest BCUT2D eigenvalue weighted by Crippen LogP contribution is 2.22. The van der Waals surface area contributed by atoms with Crippen molar-refractivity contribution in [3.63, 3.8) is 0 Å². The Morgan fingerprint density at radius 1 is 0.862 bits per heavy atom. The van der Waals surface area contributed by atoms with Crippen molar-refractivity contribution in [2.45, 2.75) is 29.1 Å². The molecular weight excluding hydrogens is 419 g/mol. The van der Waals surface area contributed by atoms with Gasteiger partial charge in [0.15, 0.2) is 0 Å². The van der Waals surface area contributed by atoms with Crippen LogP contribution in [0.3, 0.4) is 0 Å². The molecule has 1 heterocycles. The molecule has 1 fully saturated rings. The van der Waals surface area contributed by atoms with E-state index < -0.39 is 25.9 Å². The standard InChI is InChI=1S/C19H23FN2O5S2/c20-16-4-8-18(9-5-16)28(23,24)21-12-15-27-17-6-10-19(11-7-17)29(25,26)22-13-2-1-3-14-22/h4-11,21H,1-3,12-15H2. The van der Waals surface area contributed by atoms with Crippen molar-refractivity contribution >= 4 is 20.0 Å². The summed E-state index contributed by atoms with van der Waals surface area (Å²) in [7, 11) is -7.25. The predicted molar refractivity (Wildman–Crippen MR) is 106 cm³/mol. The molecule has 7 nitrogen and oxygen atoms in total. The smallest absolute Gasteiger partial charge is 0.243 e. The highest BCUT2D eigenvalue weighted by atomic mass is 32.2. The maximum absolute atomic E-state index is 12.9. The van der Waals surface area contributed by atoms with Crippen LogP contribution < -0.4 is 9.46 Å². The number of piperidine rings is 1. The number of benzene rings is 2. The van der Waals surface area contributed by atoms with Crippen molar-refractivity contribution in [1.82, 2.24) is 9.03 Å². The van der Waals surface area contributed by atoms with Crippen molar-refractivity contribution in [2.75, 3.05) is 26.2 Å². The van der Waals surface area contributed by atoms with E-state index in [1.807, 2.05) is 0 Å². The van der Waals surface area contributed by atoms with Gasteiger partial charge < -0.3 is 4.74 Å². The topological polar surface area (TPSA) is 92.8 Å². The second-order valence-electron chi connectivity index (χ2n) is 6.64. The van der Waals surface area contributed by atoms with Crippen molar-refractivity contribution in [1.29, 1.82) is 0 Å². The minimum Gasteiger partial charge on any atom is -0.492 e. The number of nitrogens with one attached hydrogen (secondary N) is 1. The second-order valence-corrected chi connectivity index (χ2v) is 10.3.